The molecule has 0 spiro atoms. The van der Waals surface area contributed by atoms with Gasteiger partial charge in [0.1, 0.15) is 0 Å². The zero-order chi connectivity index (χ0) is 14.9. The van der Waals surface area contributed by atoms with Crippen LogP contribution in [0.4, 0.5) is 0 Å². The van der Waals surface area contributed by atoms with Crippen LogP contribution < -0.4 is 9.47 Å². The molecule has 1 amide bonds. The minimum atomic E-state index is 0.168. The highest BCUT2D eigenvalue weighted by Crippen LogP contribution is 2.36. The molecule has 4 nitrogen and oxygen atoms in total. The molecule has 0 saturated carbocycles. The second-order valence-corrected chi connectivity index (χ2v) is 5.70. The molecule has 2 aromatic rings. The molecule has 2 aliphatic rings. The first kappa shape index (κ1) is 13.2. The van der Waals surface area contributed by atoms with Gasteiger partial charge in [-0.1, -0.05) is 30.3 Å². The van der Waals surface area contributed by atoms with Gasteiger partial charge in [0.2, 0.25) is 12.7 Å². The number of hydrogen-bond acceptors (Lipinski definition) is 3. The summed E-state index contributed by atoms with van der Waals surface area (Å²) < 4.78 is 10.8. The van der Waals surface area contributed by atoms with Gasteiger partial charge in [-0.05, 0) is 35.2 Å². The van der Waals surface area contributed by atoms with Gasteiger partial charge in [0.15, 0.2) is 11.5 Å². The normalized spacial score (nSPS) is 16.4. The third-order valence-electron chi connectivity index (χ3n) is 4.26. The Morgan fingerprint density at radius 1 is 1.00 bits per heavy atom. The Hall–Kier alpha value is -2.49. The number of fused-ring (bicyclic) bond motifs is 2. The van der Waals surface area contributed by atoms with Gasteiger partial charge in [0, 0.05) is 13.1 Å². The average Bonchev–Trinajstić information content (AvgIpc) is 2.93. The Kier molecular flexibility index (Phi) is 3.22. The quantitative estimate of drug-likeness (QED) is 0.854. The molecule has 4 heteroatoms. The maximum atomic E-state index is 12.5. The molecule has 0 saturated heterocycles. The summed E-state index contributed by atoms with van der Waals surface area (Å²) in [6, 6.07) is 14.1. The minimum Gasteiger partial charge on any atom is -0.454 e. The Bertz CT molecular complexity index is 712. The van der Waals surface area contributed by atoms with E-state index in [1.807, 2.05) is 35.2 Å². The summed E-state index contributed by atoms with van der Waals surface area (Å²) in [6.45, 7) is 1.67. The standard InChI is InChI=1S/C18H17NO3/c20-18-10-15-9-17-16(21-12-22-17)8-14(15)6-7-19(18)11-13-4-2-1-3-5-13/h1-5,8-9H,6-7,10-12H2. The molecule has 0 fully saturated rings. The highest BCUT2D eigenvalue weighted by Gasteiger charge is 2.24. The molecule has 2 aromatic carbocycles. The summed E-state index contributed by atoms with van der Waals surface area (Å²) in [5.74, 6) is 1.72. The van der Waals surface area contributed by atoms with Crippen LogP contribution in [-0.4, -0.2) is 24.1 Å². The first-order chi connectivity index (χ1) is 10.8. The van der Waals surface area contributed by atoms with Crippen LogP contribution in [0.25, 0.3) is 0 Å². The van der Waals surface area contributed by atoms with Gasteiger partial charge in [-0.25, -0.2) is 0 Å². The van der Waals surface area contributed by atoms with E-state index in [1.54, 1.807) is 0 Å². The van der Waals surface area contributed by atoms with Gasteiger partial charge in [-0.2, -0.15) is 0 Å². The molecule has 0 atom stereocenters. The van der Waals surface area contributed by atoms with E-state index in [9.17, 15) is 4.79 Å². The molecular weight excluding hydrogens is 278 g/mol. The number of carbonyl (C=O) groups excluding carboxylic acids is 1. The summed E-state index contributed by atoms with van der Waals surface area (Å²) in [5, 5.41) is 0. The number of amides is 1. The number of rotatable bonds is 2. The van der Waals surface area contributed by atoms with Gasteiger partial charge in [0.05, 0.1) is 6.42 Å². The van der Waals surface area contributed by atoms with Crippen LogP contribution in [0, 0.1) is 0 Å². The molecule has 0 aliphatic carbocycles. The van der Waals surface area contributed by atoms with Crippen molar-refractivity contribution in [1.29, 1.82) is 0 Å². The molecule has 0 aromatic heterocycles. The van der Waals surface area contributed by atoms with Crippen molar-refractivity contribution in [2.24, 2.45) is 0 Å². The highest BCUT2D eigenvalue weighted by molar-refractivity contribution is 5.80. The smallest absolute Gasteiger partial charge is 0.231 e. The Morgan fingerprint density at radius 2 is 1.73 bits per heavy atom. The summed E-state index contributed by atoms with van der Waals surface area (Å²) >= 11 is 0. The fourth-order valence-corrected chi connectivity index (χ4v) is 3.05. The Labute approximate surface area is 129 Å². The van der Waals surface area contributed by atoms with E-state index in [0.717, 1.165) is 35.6 Å². The summed E-state index contributed by atoms with van der Waals surface area (Å²) in [7, 11) is 0. The summed E-state index contributed by atoms with van der Waals surface area (Å²) in [4.78, 5) is 14.5. The van der Waals surface area contributed by atoms with E-state index in [1.165, 1.54) is 5.56 Å². The van der Waals surface area contributed by atoms with Crippen molar-refractivity contribution in [3.05, 3.63) is 59.2 Å². The zero-order valence-corrected chi connectivity index (χ0v) is 12.2. The van der Waals surface area contributed by atoms with E-state index in [-0.39, 0.29) is 12.7 Å². The van der Waals surface area contributed by atoms with Crippen LogP contribution in [-0.2, 0) is 24.2 Å². The number of hydrogen-bond donors (Lipinski definition) is 0. The lowest BCUT2D eigenvalue weighted by Gasteiger charge is -2.20. The number of benzene rings is 2. The van der Waals surface area contributed by atoms with Crippen molar-refractivity contribution >= 4 is 5.91 Å². The predicted octanol–water partition coefficient (Wildman–Crippen LogP) is 2.54. The fraction of sp³-hybridized carbons (Fsp3) is 0.278. The summed E-state index contributed by atoms with van der Waals surface area (Å²) in [6.07, 6.45) is 1.28. The van der Waals surface area contributed by atoms with Crippen molar-refractivity contribution in [2.75, 3.05) is 13.3 Å². The molecule has 0 unspecified atom stereocenters. The van der Waals surface area contributed by atoms with Gasteiger partial charge in [-0.15, -0.1) is 0 Å². The Balaban J connectivity index is 1.57. The lowest BCUT2D eigenvalue weighted by atomic mass is 10.0. The maximum Gasteiger partial charge on any atom is 0.231 e. The van der Waals surface area contributed by atoms with Crippen LogP contribution in [0.1, 0.15) is 16.7 Å². The molecule has 0 bridgehead atoms. The SMILES string of the molecule is O=C1Cc2cc3c(cc2CCN1Cc1ccccc1)OCO3. The monoisotopic (exact) mass is 295 g/mol. The van der Waals surface area contributed by atoms with E-state index in [4.69, 9.17) is 9.47 Å². The maximum absolute atomic E-state index is 12.5. The lowest BCUT2D eigenvalue weighted by Crippen LogP contribution is -2.31. The molecular formula is C18H17NO3. The van der Waals surface area contributed by atoms with Crippen molar-refractivity contribution < 1.29 is 14.3 Å². The fourth-order valence-electron chi connectivity index (χ4n) is 3.05. The second kappa shape index (κ2) is 5.37. The van der Waals surface area contributed by atoms with E-state index < -0.39 is 0 Å². The van der Waals surface area contributed by atoms with Crippen LogP contribution in [0.5, 0.6) is 11.5 Å². The van der Waals surface area contributed by atoms with Gasteiger partial charge < -0.3 is 14.4 Å². The topological polar surface area (TPSA) is 38.8 Å². The molecule has 112 valence electrons. The first-order valence-electron chi connectivity index (χ1n) is 7.53. The molecule has 2 aliphatic heterocycles. The lowest BCUT2D eigenvalue weighted by molar-refractivity contribution is -0.130. The number of ether oxygens (including phenoxy) is 2. The second-order valence-electron chi connectivity index (χ2n) is 5.70. The van der Waals surface area contributed by atoms with E-state index in [0.29, 0.717) is 13.0 Å². The third kappa shape index (κ3) is 2.41. The van der Waals surface area contributed by atoms with Crippen LogP contribution in [0.2, 0.25) is 0 Å². The minimum absolute atomic E-state index is 0.168. The third-order valence-corrected chi connectivity index (χ3v) is 4.26. The molecule has 22 heavy (non-hydrogen) atoms. The van der Waals surface area contributed by atoms with Crippen LogP contribution in [0.3, 0.4) is 0 Å². The zero-order valence-electron chi connectivity index (χ0n) is 12.2. The number of carbonyl (C=O) groups is 1. The molecule has 0 radical (unpaired) electrons. The van der Waals surface area contributed by atoms with Crippen molar-refractivity contribution in [2.45, 2.75) is 19.4 Å². The molecule has 4 rings (SSSR count). The van der Waals surface area contributed by atoms with Crippen LogP contribution >= 0.6 is 0 Å². The average molecular weight is 295 g/mol. The highest BCUT2D eigenvalue weighted by atomic mass is 16.7. The number of nitrogens with zero attached hydrogens (tertiary/aromatic N) is 1. The van der Waals surface area contributed by atoms with Crippen molar-refractivity contribution in [1.82, 2.24) is 4.90 Å². The molecule has 2 heterocycles. The van der Waals surface area contributed by atoms with Gasteiger partial charge in [0.25, 0.3) is 0 Å². The van der Waals surface area contributed by atoms with E-state index >= 15 is 0 Å². The first-order valence-corrected chi connectivity index (χ1v) is 7.53. The predicted molar refractivity (Wildman–Crippen MR) is 81.8 cm³/mol. The Morgan fingerprint density at radius 3 is 2.50 bits per heavy atom. The van der Waals surface area contributed by atoms with Gasteiger partial charge >= 0.3 is 0 Å². The van der Waals surface area contributed by atoms with Crippen LogP contribution in [0.15, 0.2) is 42.5 Å². The van der Waals surface area contributed by atoms with Crippen molar-refractivity contribution in [3.63, 3.8) is 0 Å². The van der Waals surface area contributed by atoms with E-state index in [2.05, 4.69) is 12.1 Å². The summed E-state index contributed by atoms with van der Waals surface area (Å²) in [5.41, 5.74) is 3.41. The molecule has 0 N–H and O–H groups in total. The van der Waals surface area contributed by atoms with Crippen molar-refractivity contribution in [3.8, 4) is 11.5 Å². The largest absolute Gasteiger partial charge is 0.454 e. The van der Waals surface area contributed by atoms with Gasteiger partial charge in [-0.3, -0.25) is 4.79 Å².